The van der Waals surface area contributed by atoms with Crippen LogP contribution in [0.1, 0.15) is 16.7 Å². The largest absolute Gasteiger partial charge is 0.493 e. The Labute approximate surface area is 216 Å². The molecule has 34 heavy (non-hydrogen) atoms. The Kier molecular flexibility index (Phi) is 7.73. The maximum atomic E-state index is 13.0. The Morgan fingerprint density at radius 2 is 1.74 bits per heavy atom. The SMILES string of the molecule is COc1cccc(/C=C2\SC(=O)N(Cc3ccc(Cl)cc3Cl)C2=O)c1OCc1ccccc1Cl. The normalized spacial score (nSPS) is 14.7. The van der Waals surface area contributed by atoms with Crippen LogP contribution in [0, 0.1) is 0 Å². The number of carbonyl (C=O) groups excluding carboxylic acids is 2. The maximum Gasteiger partial charge on any atom is 0.293 e. The second-order valence-corrected chi connectivity index (χ2v) is 9.51. The van der Waals surface area contributed by atoms with Crippen LogP contribution in [-0.2, 0) is 17.9 Å². The van der Waals surface area contributed by atoms with Gasteiger partial charge < -0.3 is 9.47 Å². The molecule has 3 aromatic carbocycles. The third-order valence-electron chi connectivity index (χ3n) is 5.06. The van der Waals surface area contributed by atoms with E-state index < -0.39 is 5.91 Å². The summed E-state index contributed by atoms with van der Waals surface area (Å²) < 4.78 is 11.5. The van der Waals surface area contributed by atoms with Crippen LogP contribution in [0.3, 0.4) is 0 Å². The molecule has 0 saturated carbocycles. The van der Waals surface area contributed by atoms with Crippen molar-refractivity contribution in [2.45, 2.75) is 13.2 Å². The van der Waals surface area contributed by atoms with E-state index in [0.717, 1.165) is 22.2 Å². The summed E-state index contributed by atoms with van der Waals surface area (Å²) in [5, 5.41) is 1.06. The van der Waals surface area contributed by atoms with Gasteiger partial charge in [-0.3, -0.25) is 14.5 Å². The summed E-state index contributed by atoms with van der Waals surface area (Å²) >= 11 is 19.3. The predicted molar refractivity (Wildman–Crippen MR) is 137 cm³/mol. The summed E-state index contributed by atoms with van der Waals surface area (Å²) in [6.45, 7) is 0.253. The van der Waals surface area contributed by atoms with Gasteiger partial charge in [-0.1, -0.05) is 71.2 Å². The number of halogens is 3. The Bertz CT molecular complexity index is 1290. The van der Waals surface area contributed by atoms with Crippen LogP contribution in [0.4, 0.5) is 4.79 Å². The molecule has 0 bridgehead atoms. The lowest BCUT2D eigenvalue weighted by molar-refractivity contribution is -0.123. The van der Waals surface area contributed by atoms with Gasteiger partial charge in [-0.25, -0.2) is 0 Å². The first kappa shape index (κ1) is 24.5. The molecule has 0 spiro atoms. The van der Waals surface area contributed by atoms with Crippen LogP contribution >= 0.6 is 46.6 Å². The summed E-state index contributed by atoms with van der Waals surface area (Å²) in [7, 11) is 1.53. The average molecular weight is 535 g/mol. The van der Waals surface area contributed by atoms with Gasteiger partial charge in [-0.2, -0.15) is 0 Å². The second kappa shape index (κ2) is 10.7. The number of imide groups is 1. The van der Waals surface area contributed by atoms with Crippen LogP contribution in [0.25, 0.3) is 6.08 Å². The number of benzene rings is 3. The van der Waals surface area contributed by atoms with Gasteiger partial charge in [0.15, 0.2) is 11.5 Å². The lowest BCUT2D eigenvalue weighted by atomic mass is 10.1. The lowest BCUT2D eigenvalue weighted by Gasteiger charge is -2.15. The van der Waals surface area contributed by atoms with Gasteiger partial charge in [0, 0.05) is 26.2 Å². The number of rotatable bonds is 7. The fraction of sp³-hybridized carbons (Fsp3) is 0.120. The third kappa shape index (κ3) is 5.36. The highest BCUT2D eigenvalue weighted by molar-refractivity contribution is 8.18. The van der Waals surface area contributed by atoms with Crippen LogP contribution in [0.2, 0.25) is 15.1 Å². The van der Waals surface area contributed by atoms with E-state index in [2.05, 4.69) is 0 Å². The third-order valence-corrected chi connectivity index (χ3v) is 6.93. The number of amides is 2. The van der Waals surface area contributed by atoms with E-state index in [1.165, 1.54) is 7.11 Å². The quantitative estimate of drug-likeness (QED) is 0.294. The number of para-hydroxylation sites is 1. The van der Waals surface area contributed by atoms with E-state index in [0.29, 0.717) is 37.7 Å². The average Bonchev–Trinajstić information content (AvgIpc) is 3.08. The van der Waals surface area contributed by atoms with Gasteiger partial charge in [0.05, 0.1) is 18.6 Å². The zero-order chi connectivity index (χ0) is 24.2. The second-order valence-electron chi connectivity index (χ2n) is 7.26. The highest BCUT2D eigenvalue weighted by Crippen LogP contribution is 2.39. The van der Waals surface area contributed by atoms with E-state index in [1.54, 1.807) is 48.5 Å². The molecule has 0 radical (unpaired) electrons. The van der Waals surface area contributed by atoms with Crippen molar-refractivity contribution in [3.05, 3.63) is 97.3 Å². The van der Waals surface area contributed by atoms with Gasteiger partial charge in [-0.15, -0.1) is 0 Å². The number of hydrogen-bond donors (Lipinski definition) is 0. The summed E-state index contributed by atoms with van der Waals surface area (Å²) in [5.74, 6) is 0.520. The molecule has 9 heteroatoms. The molecule has 5 nitrogen and oxygen atoms in total. The zero-order valence-corrected chi connectivity index (χ0v) is 21.0. The van der Waals surface area contributed by atoms with E-state index >= 15 is 0 Å². The molecule has 1 fully saturated rings. The number of ether oxygens (including phenoxy) is 2. The molecule has 0 unspecified atom stereocenters. The van der Waals surface area contributed by atoms with Crippen molar-refractivity contribution >= 4 is 63.8 Å². The van der Waals surface area contributed by atoms with Crippen LogP contribution in [0.5, 0.6) is 11.5 Å². The highest BCUT2D eigenvalue weighted by Gasteiger charge is 2.35. The van der Waals surface area contributed by atoms with E-state index in [1.807, 2.05) is 18.2 Å². The minimum atomic E-state index is -0.416. The van der Waals surface area contributed by atoms with Crippen molar-refractivity contribution in [1.29, 1.82) is 0 Å². The van der Waals surface area contributed by atoms with Crippen molar-refractivity contribution in [3.8, 4) is 11.5 Å². The maximum absolute atomic E-state index is 13.0. The number of nitrogens with zero attached hydrogens (tertiary/aromatic N) is 1. The zero-order valence-electron chi connectivity index (χ0n) is 17.9. The summed E-state index contributed by atoms with van der Waals surface area (Å²) in [6, 6.07) is 17.6. The Hall–Kier alpha value is -2.64. The van der Waals surface area contributed by atoms with E-state index in [-0.39, 0.29) is 23.3 Å². The van der Waals surface area contributed by atoms with Gasteiger partial charge >= 0.3 is 0 Å². The molecular weight excluding hydrogens is 517 g/mol. The van der Waals surface area contributed by atoms with E-state index in [4.69, 9.17) is 44.3 Å². The number of carbonyl (C=O) groups is 2. The first-order chi connectivity index (χ1) is 16.4. The molecule has 0 aromatic heterocycles. The Morgan fingerprint density at radius 3 is 2.47 bits per heavy atom. The Balaban J connectivity index is 1.60. The molecule has 174 valence electrons. The number of thioether (sulfide) groups is 1. The van der Waals surface area contributed by atoms with Gasteiger partial charge in [-0.05, 0) is 47.7 Å². The molecule has 1 heterocycles. The van der Waals surface area contributed by atoms with Crippen molar-refractivity contribution in [2.24, 2.45) is 0 Å². The molecule has 0 atom stereocenters. The first-order valence-corrected chi connectivity index (χ1v) is 12.0. The molecule has 4 rings (SSSR count). The summed E-state index contributed by atoms with van der Waals surface area (Å²) in [6.07, 6.45) is 1.62. The molecular formula is C25H18Cl3NO4S. The highest BCUT2D eigenvalue weighted by atomic mass is 35.5. The van der Waals surface area contributed by atoms with Crippen molar-refractivity contribution in [2.75, 3.05) is 7.11 Å². The fourth-order valence-electron chi connectivity index (χ4n) is 3.32. The first-order valence-electron chi connectivity index (χ1n) is 10.1. The molecule has 0 N–H and O–H groups in total. The number of hydrogen-bond acceptors (Lipinski definition) is 5. The minimum absolute atomic E-state index is 0.0476. The summed E-state index contributed by atoms with van der Waals surface area (Å²) in [4.78, 5) is 27.1. The molecule has 2 amide bonds. The van der Waals surface area contributed by atoms with Gasteiger partial charge in [0.25, 0.3) is 11.1 Å². The fourth-order valence-corrected chi connectivity index (χ4v) is 4.81. The van der Waals surface area contributed by atoms with Crippen LogP contribution < -0.4 is 9.47 Å². The van der Waals surface area contributed by atoms with Crippen molar-refractivity contribution < 1.29 is 19.1 Å². The summed E-state index contributed by atoms with van der Waals surface area (Å²) in [5.41, 5.74) is 2.03. The minimum Gasteiger partial charge on any atom is -0.493 e. The Morgan fingerprint density at radius 1 is 0.941 bits per heavy atom. The topological polar surface area (TPSA) is 55.8 Å². The molecule has 0 aliphatic carbocycles. The predicted octanol–water partition coefficient (Wildman–Crippen LogP) is 7.47. The smallest absolute Gasteiger partial charge is 0.293 e. The molecule has 1 aliphatic heterocycles. The lowest BCUT2D eigenvalue weighted by Crippen LogP contribution is -2.27. The van der Waals surface area contributed by atoms with Crippen LogP contribution in [-0.4, -0.2) is 23.2 Å². The molecule has 3 aromatic rings. The van der Waals surface area contributed by atoms with Crippen molar-refractivity contribution in [3.63, 3.8) is 0 Å². The van der Waals surface area contributed by atoms with Crippen LogP contribution in [0.15, 0.2) is 65.6 Å². The monoisotopic (exact) mass is 533 g/mol. The molecule has 1 saturated heterocycles. The van der Waals surface area contributed by atoms with Gasteiger partial charge in [0.2, 0.25) is 0 Å². The van der Waals surface area contributed by atoms with Gasteiger partial charge in [0.1, 0.15) is 6.61 Å². The van der Waals surface area contributed by atoms with E-state index in [9.17, 15) is 9.59 Å². The standard InChI is InChI=1S/C25H18Cl3NO4S/c1-32-21-8-4-6-15(23(21)33-14-17-5-2-3-7-19(17)27)11-22-24(30)29(25(31)34-22)13-16-9-10-18(26)12-20(16)28/h2-12H,13-14H2,1H3/b22-11-. The van der Waals surface area contributed by atoms with Crippen molar-refractivity contribution in [1.82, 2.24) is 4.90 Å². The molecule has 1 aliphatic rings. The number of methoxy groups -OCH3 is 1.